The van der Waals surface area contributed by atoms with Crippen LogP contribution in [0.3, 0.4) is 0 Å². The summed E-state index contributed by atoms with van der Waals surface area (Å²) in [6.45, 7) is 3.38. The van der Waals surface area contributed by atoms with E-state index in [9.17, 15) is 4.79 Å². The van der Waals surface area contributed by atoms with Crippen molar-refractivity contribution in [3.05, 3.63) is 70.8 Å². The molecule has 3 aliphatic rings. The number of nitrogens with zero attached hydrogens (tertiary/aromatic N) is 1. The smallest absolute Gasteiger partial charge is 0.410 e. The van der Waals surface area contributed by atoms with Gasteiger partial charge in [-0.3, -0.25) is 0 Å². The van der Waals surface area contributed by atoms with E-state index in [0.717, 1.165) is 24.9 Å². The van der Waals surface area contributed by atoms with Gasteiger partial charge in [-0.25, -0.2) is 4.79 Å². The number of amides is 1. The van der Waals surface area contributed by atoms with Crippen LogP contribution in [0.2, 0.25) is 0 Å². The standard InChI is InChI=1S/C25H29NO2/c1-18-10-11-20-16-23-21-9-5-6-12-25(21,22(20)15-18)13-14-26(23)24(27)28-17-19-7-3-2-4-8-19/h2-4,7-8,10-11,15,21,23H,5-6,9,12-14,16-17H2,1H3/t21-,23+,25+/m1/s1. The molecule has 0 radical (unpaired) electrons. The zero-order valence-corrected chi connectivity index (χ0v) is 16.7. The number of hydrogen-bond acceptors (Lipinski definition) is 2. The molecule has 5 rings (SSSR count). The molecule has 1 amide bonds. The molecule has 2 bridgehead atoms. The molecule has 146 valence electrons. The number of benzene rings is 2. The molecule has 0 aromatic heterocycles. The summed E-state index contributed by atoms with van der Waals surface area (Å²) in [6.07, 6.45) is 7.03. The van der Waals surface area contributed by atoms with E-state index in [1.54, 1.807) is 5.56 Å². The minimum atomic E-state index is -0.136. The summed E-state index contributed by atoms with van der Waals surface area (Å²) in [7, 11) is 0. The maximum Gasteiger partial charge on any atom is 0.410 e. The van der Waals surface area contributed by atoms with Gasteiger partial charge in [0, 0.05) is 18.0 Å². The van der Waals surface area contributed by atoms with Crippen molar-refractivity contribution < 1.29 is 9.53 Å². The van der Waals surface area contributed by atoms with Crippen LogP contribution in [0.5, 0.6) is 0 Å². The van der Waals surface area contributed by atoms with E-state index in [-0.39, 0.29) is 17.6 Å². The van der Waals surface area contributed by atoms with Crippen LogP contribution in [-0.4, -0.2) is 23.6 Å². The number of hydrogen-bond donors (Lipinski definition) is 0. The molecule has 3 heteroatoms. The number of ether oxygens (including phenoxy) is 1. The summed E-state index contributed by atoms with van der Waals surface area (Å²) in [5.74, 6) is 0.577. The lowest BCUT2D eigenvalue weighted by atomic mass is 9.52. The van der Waals surface area contributed by atoms with Gasteiger partial charge < -0.3 is 9.64 Å². The second-order valence-corrected chi connectivity index (χ2v) is 8.92. The largest absolute Gasteiger partial charge is 0.445 e. The van der Waals surface area contributed by atoms with Crippen LogP contribution in [0.4, 0.5) is 4.79 Å². The molecule has 2 aromatic rings. The second kappa shape index (κ2) is 6.95. The number of likely N-dealkylation sites (tertiary alicyclic amines) is 1. The number of aryl methyl sites for hydroxylation is 1. The minimum Gasteiger partial charge on any atom is -0.445 e. The molecule has 1 heterocycles. The van der Waals surface area contributed by atoms with Crippen LogP contribution in [0.1, 0.15) is 54.4 Å². The lowest BCUT2D eigenvalue weighted by molar-refractivity contribution is -0.0136. The molecule has 2 aliphatic carbocycles. The zero-order valence-electron chi connectivity index (χ0n) is 16.7. The Hall–Kier alpha value is -2.29. The summed E-state index contributed by atoms with van der Waals surface area (Å²) in [4.78, 5) is 15.1. The zero-order chi connectivity index (χ0) is 19.1. The van der Waals surface area contributed by atoms with Gasteiger partial charge in [0.25, 0.3) is 0 Å². The van der Waals surface area contributed by atoms with Crippen molar-refractivity contribution in [1.82, 2.24) is 4.90 Å². The van der Waals surface area contributed by atoms with E-state index >= 15 is 0 Å². The topological polar surface area (TPSA) is 29.5 Å². The molecular weight excluding hydrogens is 346 g/mol. The normalized spacial score (nSPS) is 28.2. The fourth-order valence-corrected chi connectivity index (χ4v) is 6.15. The lowest BCUT2D eigenvalue weighted by Crippen LogP contribution is -2.62. The van der Waals surface area contributed by atoms with Crippen molar-refractivity contribution in [2.24, 2.45) is 5.92 Å². The average Bonchev–Trinajstić information content (AvgIpc) is 2.73. The number of carbonyl (C=O) groups excluding carboxylic acids is 1. The Balaban J connectivity index is 1.42. The van der Waals surface area contributed by atoms with Crippen molar-refractivity contribution in [2.45, 2.75) is 63.5 Å². The second-order valence-electron chi connectivity index (χ2n) is 8.92. The van der Waals surface area contributed by atoms with Gasteiger partial charge in [-0.05, 0) is 55.2 Å². The highest BCUT2D eigenvalue weighted by atomic mass is 16.6. The molecule has 1 saturated heterocycles. The number of rotatable bonds is 2. The molecule has 3 nitrogen and oxygen atoms in total. The fraction of sp³-hybridized carbons (Fsp3) is 0.480. The molecule has 1 saturated carbocycles. The highest BCUT2D eigenvalue weighted by Gasteiger charge is 2.54. The van der Waals surface area contributed by atoms with Crippen molar-refractivity contribution >= 4 is 6.09 Å². The quantitative estimate of drug-likeness (QED) is 0.704. The predicted molar refractivity (Wildman–Crippen MR) is 110 cm³/mol. The lowest BCUT2D eigenvalue weighted by Gasteiger charge is -2.58. The molecule has 1 aliphatic heterocycles. The Labute approximate surface area is 167 Å². The fourth-order valence-electron chi connectivity index (χ4n) is 6.15. The first-order valence-electron chi connectivity index (χ1n) is 10.7. The molecule has 0 spiro atoms. The Kier molecular flexibility index (Phi) is 4.41. The van der Waals surface area contributed by atoms with Crippen LogP contribution in [0, 0.1) is 12.8 Å². The predicted octanol–water partition coefficient (Wildman–Crippen LogP) is 5.39. The highest BCUT2D eigenvalue weighted by molar-refractivity contribution is 5.69. The number of piperidine rings is 1. The molecule has 2 fully saturated rings. The van der Waals surface area contributed by atoms with Crippen LogP contribution < -0.4 is 0 Å². The SMILES string of the molecule is Cc1ccc2c(c1)[C@]13CCCC[C@@H]1[C@H](C2)N(C(=O)OCc1ccccc1)CC3. The summed E-state index contributed by atoms with van der Waals surface area (Å²) in [6, 6.07) is 17.2. The van der Waals surface area contributed by atoms with Gasteiger partial charge in [0.15, 0.2) is 0 Å². The van der Waals surface area contributed by atoms with Gasteiger partial charge in [-0.15, -0.1) is 0 Å². The van der Waals surface area contributed by atoms with E-state index in [2.05, 4.69) is 30.0 Å². The molecule has 28 heavy (non-hydrogen) atoms. The third-order valence-corrected chi connectivity index (χ3v) is 7.43. The van der Waals surface area contributed by atoms with Crippen molar-refractivity contribution in [3.63, 3.8) is 0 Å². The third kappa shape index (κ3) is 2.83. The Morgan fingerprint density at radius 3 is 2.86 bits per heavy atom. The third-order valence-electron chi connectivity index (χ3n) is 7.43. The van der Waals surface area contributed by atoms with Crippen LogP contribution >= 0.6 is 0 Å². The van der Waals surface area contributed by atoms with Gasteiger partial charge in [-0.1, -0.05) is 66.9 Å². The maximum atomic E-state index is 13.0. The summed E-state index contributed by atoms with van der Waals surface area (Å²) >= 11 is 0. The summed E-state index contributed by atoms with van der Waals surface area (Å²) < 4.78 is 5.73. The molecule has 0 unspecified atom stereocenters. The number of carbonyl (C=O) groups is 1. The average molecular weight is 376 g/mol. The minimum absolute atomic E-state index is 0.136. The van der Waals surface area contributed by atoms with E-state index in [1.165, 1.54) is 36.8 Å². The van der Waals surface area contributed by atoms with Crippen LogP contribution in [0.25, 0.3) is 0 Å². The van der Waals surface area contributed by atoms with Gasteiger partial charge in [0.1, 0.15) is 6.61 Å². The van der Waals surface area contributed by atoms with Crippen molar-refractivity contribution in [1.29, 1.82) is 0 Å². The van der Waals surface area contributed by atoms with Gasteiger partial charge in [0.05, 0.1) is 0 Å². The van der Waals surface area contributed by atoms with Crippen molar-refractivity contribution in [3.8, 4) is 0 Å². The molecule has 0 N–H and O–H groups in total. The van der Waals surface area contributed by atoms with Crippen LogP contribution in [-0.2, 0) is 23.2 Å². The maximum absolute atomic E-state index is 13.0. The Morgan fingerprint density at radius 1 is 1.14 bits per heavy atom. The van der Waals surface area contributed by atoms with Gasteiger partial charge in [0.2, 0.25) is 0 Å². The van der Waals surface area contributed by atoms with E-state index in [1.807, 2.05) is 30.3 Å². The van der Waals surface area contributed by atoms with Gasteiger partial charge >= 0.3 is 6.09 Å². The van der Waals surface area contributed by atoms with Crippen LogP contribution in [0.15, 0.2) is 48.5 Å². The molecular formula is C25H29NO2. The van der Waals surface area contributed by atoms with E-state index in [0.29, 0.717) is 12.5 Å². The monoisotopic (exact) mass is 375 g/mol. The number of fused-ring (bicyclic) bond motifs is 1. The van der Waals surface area contributed by atoms with Crippen molar-refractivity contribution in [2.75, 3.05) is 6.54 Å². The Bertz CT molecular complexity index is 877. The molecule has 2 aromatic carbocycles. The van der Waals surface area contributed by atoms with E-state index < -0.39 is 0 Å². The summed E-state index contributed by atoms with van der Waals surface area (Å²) in [5, 5.41) is 0. The molecule has 3 atom stereocenters. The first kappa shape index (κ1) is 17.8. The first-order chi connectivity index (χ1) is 13.7. The van der Waals surface area contributed by atoms with Gasteiger partial charge in [-0.2, -0.15) is 0 Å². The van der Waals surface area contributed by atoms with E-state index in [4.69, 9.17) is 4.74 Å². The summed E-state index contributed by atoms with van der Waals surface area (Å²) in [5.41, 5.74) is 5.73. The highest BCUT2D eigenvalue weighted by Crippen LogP contribution is 2.55. The first-order valence-corrected chi connectivity index (χ1v) is 10.7. The Morgan fingerprint density at radius 2 is 2.00 bits per heavy atom.